The molecular weight excluding hydrogens is 308 g/mol. The standard InChI is InChI=1S/C18H31N2O2S/c1-3-4-13-20(14-6-5-7-15-20)16-12-17-8-10-18(11-9-17)19-23(2,21)22/h8-11,19H,3-7,12-16H2,1-2H3/q+1. The van der Waals surface area contributed by atoms with Crippen LogP contribution in [0.1, 0.15) is 44.6 Å². The van der Waals surface area contributed by atoms with Crippen LogP contribution in [0.4, 0.5) is 5.69 Å². The predicted octanol–water partition coefficient (Wildman–Crippen LogP) is 3.40. The molecule has 1 heterocycles. The molecule has 1 fully saturated rings. The summed E-state index contributed by atoms with van der Waals surface area (Å²) in [6.45, 7) is 7.44. The maximum Gasteiger partial charge on any atom is 0.229 e. The van der Waals surface area contributed by atoms with Gasteiger partial charge in [-0.1, -0.05) is 25.5 Å². The van der Waals surface area contributed by atoms with Gasteiger partial charge in [0, 0.05) is 12.1 Å². The Morgan fingerprint density at radius 3 is 2.26 bits per heavy atom. The summed E-state index contributed by atoms with van der Waals surface area (Å²) in [5, 5.41) is 0. The van der Waals surface area contributed by atoms with E-state index in [1.54, 1.807) is 0 Å². The van der Waals surface area contributed by atoms with Crippen molar-refractivity contribution in [2.45, 2.75) is 45.4 Å². The molecule has 0 aliphatic carbocycles. The molecule has 130 valence electrons. The van der Waals surface area contributed by atoms with Gasteiger partial charge in [-0.15, -0.1) is 0 Å². The molecule has 0 bridgehead atoms. The molecule has 1 aliphatic heterocycles. The number of hydrogen-bond acceptors (Lipinski definition) is 2. The van der Waals surface area contributed by atoms with E-state index < -0.39 is 10.0 Å². The Hall–Kier alpha value is -1.07. The number of likely N-dealkylation sites (tertiary alicyclic amines) is 1. The average Bonchev–Trinajstić information content (AvgIpc) is 2.52. The summed E-state index contributed by atoms with van der Waals surface area (Å²) in [7, 11) is -3.19. The number of benzene rings is 1. The number of rotatable bonds is 8. The number of anilines is 1. The molecule has 0 saturated carbocycles. The second-order valence-corrected chi connectivity index (χ2v) is 8.72. The number of sulfonamides is 1. The molecule has 0 aromatic heterocycles. The van der Waals surface area contributed by atoms with Crippen molar-refractivity contribution in [1.82, 2.24) is 0 Å². The van der Waals surface area contributed by atoms with Gasteiger partial charge in [0.25, 0.3) is 0 Å². The first-order chi connectivity index (χ1) is 10.9. The van der Waals surface area contributed by atoms with E-state index in [1.807, 2.05) is 24.3 Å². The highest BCUT2D eigenvalue weighted by molar-refractivity contribution is 7.92. The van der Waals surface area contributed by atoms with Gasteiger partial charge < -0.3 is 4.48 Å². The van der Waals surface area contributed by atoms with Crippen molar-refractivity contribution >= 4 is 15.7 Å². The van der Waals surface area contributed by atoms with Crippen LogP contribution >= 0.6 is 0 Å². The highest BCUT2D eigenvalue weighted by Gasteiger charge is 2.28. The highest BCUT2D eigenvalue weighted by atomic mass is 32.2. The maximum atomic E-state index is 11.2. The minimum Gasteiger partial charge on any atom is -0.323 e. The molecule has 5 heteroatoms. The first-order valence-electron chi connectivity index (χ1n) is 8.84. The Morgan fingerprint density at radius 2 is 1.70 bits per heavy atom. The molecular formula is C18H31N2O2S+. The van der Waals surface area contributed by atoms with Crippen molar-refractivity contribution in [3.05, 3.63) is 29.8 Å². The van der Waals surface area contributed by atoms with E-state index in [2.05, 4.69) is 11.6 Å². The zero-order valence-corrected chi connectivity index (χ0v) is 15.4. The molecule has 1 aliphatic rings. The normalized spacial score (nSPS) is 17.8. The van der Waals surface area contributed by atoms with Gasteiger partial charge in [0.05, 0.1) is 32.4 Å². The van der Waals surface area contributed by atoms with Crippen LogP contribution in [-0.2, 0) is 16.4 Å². The quantitative estimate of drug-likeness (QED) is 0.738. The van der Waals surface area contributed by atoms with Crippen LogP contribution < -0.4 is 4.72 Å². The molecule has 0 radical (unpaired) electrons. The van der Waals surface area contributed by atoms with Crippen LogP contribution in [0.15, 0.2) is 24.3 Å². The number of hydrogen-bond donors (Lipinski definition) is 1. The highest BCUT2D eigenvalue weighted by Crippen LogP contribution is 2.21. The summed E-state index contributed by atoms with van der Waals surface area (Å²) in [5.41, 5.74) is 1.94. The second kappa shape index (κ2) is 8.15. The van der Waals surface area contributed by atoms with E-state index in [1.165, 1.54) is 74.6 Å². The van der Waals surface area contributed by atoms with Gasteiger partial charge in [-0.25, -0.2) is 8.42 Å². The van der Waals surface area contributed by atoms with E-state index in [0.29, 0.717) is 5.69 Å². The summed E-state index contributed by atoms with van der Waals surface area (Å²) in [4.78, 5) is 0. The lowest BCUT2D eigenvalue weighted by Gasteiger charge is -2.42. The topological polar surface area (TPSA) is 46.2 Å². The maximum absolute atomic E-state index is 11.2. The zero-order chi connectivity index (χ0) is 16.8. The summed E-state index contributed by atoms with van der Waals surface area (Å²) >= 11 is 0. The first kappa shape index (κ1) is 18.3. The Morgan fingerprint density at radius 1 is 1.04 bits per heavy atom. The predicted molar refractivity (Wildman–Crippen MR) is 97.1 cm³/mol. The second-order valence-electron chi connectivity index (χ2n) is 6.97. The Bertz CT molecular complexity index is 576. The van der Waals surface area contributed by atoms with Crippen molar-refractivity contribution < 1.29 is 12.9 Å². The van der Waals surface area contributed by atoms with Gasteiger partial charge in [0.15, 0.2) is 0 Å². The summed E-state index contributed by atoms with van der Waals surface area (Å²) in [5.74, 6) is 0. The van der Waals surface area contributed by atoms with Crippen molar-refractivity contribution in [2.24, 2.45) is 0 Å². The summed E-state index contributed by atoms with van der Waals surface area (Å²) in [6.07, 6.45) is 8.95. The third kappa shape index (κ3) is 6.15. The largest absolute Gasteiger partial charge is 0.323 e. The third-order valence-electron chi connectivity index (χ3n) is 4.88. The zero-order valence-electron chi connectivity index (χ0n) is 14.6. The molecule has 0 amide bonds. The van der Waals surface area contributed by atoms with E-state index in [4.69, 9.17) is 0 Å². The molecule has 4 nitrogen and oxygen atoms in total. The number of quaternary nitrogens is 1. The van der Waals surface area contributed by atoms with Crippen LogP contribution in [0, 0.1) is 0 Å². The molecule has 1 aromatic carbocycles. The number of piperidine rings is 1. The Labute approximate surface area is 141 Å². The molecule has 1 aromatic rings. The van der Waals surface area contributed by atoms with Gasteiger partial charge in [0.2, 0.25) is 10.0 Å². The van der Waals surface area contributed by atoms with Crippen molar-refractivity contribution in [3.8, 4) is 0 Å². The number of unbranched alkanes of at least 4 members (excludes halogenated alkanes) is 1. The smallest absolute Gasteiger partial charge is 0.229 e. The van der Waals surface area contributed by atoms with Gasteiger partial charge in [-0.2, -0.15) is 0 Å². The molecule has 23 heavy (non-hydrogen) atoms. The Balaban J connectivity index is 1.94. The lowest BCUT2D eigenvalue weighted by Crippen LogP contribution is -2.53. The first-order valence-corrected chi connectivity index (χ1v) is 10.7. The lowest BCUT2D eigenvalue weighted by molar-refractivity contribution is -0.932. The van der Waals surface area contributed by atoms with Crippen LogP contribution in [0.25, 0.3) is 0 Å². The molecule has 2 rings (SSSR count). The molecule has 1 N–H and O–H groups in total. The lowest BCUT2D eigenvalue weighted by atomic mass is 10.0. The van der Waals surface area contributed by atoms with Crippen molar-refractivity contribution in [1.29, 1.82) is 0 Å². The van der Waals surface area contributed by atoms with E-state index in [9.17, 15) is 8.42 Å². The summed E-state index contributed by atoms with van der Waals surface area (Å²) in [6, 6.07) is 7.83. The minimum atomic E-state index is -3.19. The van der Waals surface area contributed by atoms with Gasteiger partial charge in [-0.3, -0.25) is 4.72 Å². The fourth-order valence-corrected chi connectivity index (χ4v) is 4.12. The van der Waals surface area contributed by atoms with Crippen LogP contribution in [0.3, 0.4) is 0 Å². The molecule has 0 spiro atoms. The fraction of sp³-hybridized carbons (Fsp3) is 0.667. The minimum absolute atomic E-state index is 0.643. The van der Waals surface area contributed by atoms with Crippen LogP contribution in [0.5, 0.6) is 0 Å². The fourth-order valence-electron chi connectivity index (χ4n) is 3.56. The molecule has 1 saturated heterocycles. The molecule has 0 atom stereocenters. The number of nitrogens with one attached hydrogen (secondary N) is 1. The van der Waals surface area contributed by atoms with E-state index in [-0.39, 0.29) is 0 Å². The van der Waals surface area contributed by atoms with Crippen molar-refractivity contribution in [2.75, 3.05) is 37.2 Å². The van der Waals surface area contributed by atoms with Gasteiger partial charge >= 0.3 is 0 Å². The van der Waals surface area contributed by atoms with Crippen LogP contribution in [-0.4, -0.2) is 45.3 Å². The number of nitrogens with zero attached hydrogens (tertiary/aromatic N) is 1. The average molecular weight is 340 g/mol. The summed E-state index contributed by atoms with van der Waals surface area (Å²) < 4.78 is 26.3. The SMILES string of the molecule is CCCC[N+]1(CCc2ccc(NS(C)(=O)=O)cc2)CCCCC1. The van der Waals surface area contributed by atoms with E-state index >= 15 is 0 Å². The third-order valence-corrected chi connectivity index (χ3v) is 5.49. The Kier molecular flexibility index (Phi) is 6.48. The molecule has 0 unspecified atom stereocenters. The monoisotopic (exact) mass is 339 g/mol. The van der Waals surface area contributed by atoms with Crippen LogP contribution in [0.2, 0.25) is 0 Å². The van der Waals surface area contributed by atoms with Crippen molar-refractivity contribution in [3.63, 3.8) is 0 Å². The van der Waals surface area contributed by atoms with Gasteiger partial charge in [-0.05, 0) is 43.4 Å². The van der Waals surface area contributed by atoms with E-state index in [0.717, 1.165) is 6.42 Å². The van der Waals surface area contributed by atoms with Gasteiger partial charge in [0.1, 0.15) is 0 Å².